The fourth-order valence-electron chi connectivity index (χ4n) is 1.66. The van der Waals surface area contributed by atoms with E-state index in [1.54, 1.807) is 0 Å². The van der Waals surface area contributed by atoms with Crippen LogP contribution in [0.1, 0.15) is 22.6 Å². The third-order valence-electron chi connectivity index (χ3n) is 2.78. The second-order valence-corrected chi connectivity index (χ2v) is 4.17. The Balaban J connectivity index is 2.12. The molecular weight excluding hydrogens is 210 g/mol. The summed E-state index contributed by atoms with van der Waals surface area (Å²) in [5.74, 6) is 0.872. The minimum atomic E-state index is 0.777. The van der Waals surface area contributed by atoms with Crippen molar-refractivity contribution in [1.82, 2.24) is 9.97 Å². The molecule has 0 saturated heterocycles. The van der Waals surface area contributed by atoms with Crippen LogP contribution in [0, 0.1) is 20.8 Å². The smallest absolute Gasteiger partial charge is 0.148 e. The number of aromatic nitrogens is 2. The molecule has 88 valence electrons. The van der Waals surface area contributed by atoms with Crippen molar-refractivity contribution in [2.45, 2.75) is 27.3 Å². The Bertz CT molecular complexity index is 506. The first-order chi connectivity index (χ1) is 8.16. The third-order valence-corrected chi connectivity index (χ3v) is 2.78. The number of benzene rings is 1. The van der Waals surface area contributed by atoms with Crippen LogP contribution in [0.2, 0.25) is 0 Å². The van der Waals surface area contributed by atoms with Crippen LogP contribution in [0.15, 0.2) is 30.3 Å². The van der Waals surface area contributed by atoms with E-state index in [4.69, 9.17) is 0 Å². The lowest BCUT2D eigenvalue weighted by Crippen LogP contribution is -2.06. The maximum absolute atomic E-state index is 4.51. The third kappa shape index (κ3) is 2.81. The van der Waals surface area contributed by atoms with Gasteiger partial charge in [-0.25, -0.2) is 4.98 Å². The standard InChI is InChI=1S/C14H17N3/c1-10-11(2)17-14(12(3)16-10)15-9-13-7-5-4-6-8-13/h4-8H,9H2,1-3H3,(H,15,17). The second-order valence-electron chi connectivity index (χ2n) is 4.17. The predicted octanol–water partition coefficient (Wildman–Crippen LogP) is 3.01. The first-order valence-electron chi connectivity index (χ1n) is 5.76. The molecule has 0 bridgehead atoms. The van der Waals surface area contributed by atoms with Crippen LogP contribution in [-0.4, -0.2) is 9.97 Å². The summed E-state index contributed by atoms with van der Waals surface area (Å²) in [6.07, 6.45) is 0. The minimum absolute atomic E-state index is 0.777. The topological polar surface area (TPSA) is 37.8 Å². The van der Waals surface area contributed by atoms with Gasteiger partial charge in [-0.15, -0.1) is 0 Å². The summed E-state index contributed by atoms with van der Waals surface area (Å²) in [7, 11) is 0. The molecule has 0 atom stereocenters. The number of nitrogens with one attached hydrogen (secondary N) is 1. The molecule has 3 nitrogen and oxygen atoms in total. The highest BCUT2D eigenvalue weighted by Gasteiger charge is 2.04. The maximum Gasteiger partial charge on any atom is 0.148 e. The van der Waals surface area contributed by atoms with E-state index >= 15 is 0 Å². The Morgan fingerprint density at radius 1 is 0.882 bits per heavy atom. The molecule has 0 amide bonds. The molecule has 0 saturated carbocycles. The second kappa shape index (κ2) is 4.95. The summed E-state index contributed by atoms with van der Waals surface area (Å²) in [5.41, 5.74) is 4.16. The lowest BCUT2D eigenvalue weighted by Gasteiger charge is -2.10. The molecule has 1 N–H and O–H groups in total. The zero-order valence-corrected chi connectivity index (χ0v) is 10.5. The highest BCUT2D eigenvalue weighted by Crippen LogP contribution is 2.13. The molecule has 1 aromatic heterocycles. The van der Waals surface area contributed by atoms with Crippen LogP contribution in [0.3, 0.4) is 0 Å². The highest BCUT2D eigenvalue weighted by molar-refractivity contribution is 5.41. The number of rotatable bonds is 3. The van der Waals surface area contributed by atoms with Gasteiger partial charge in [0, 0.05) is 6.54 Å². The molecule has 0 aliphatic carbocycles. The van der Waals surface area contributed by atoms with E-state index in [-0.39, 0.29) is 0 Å². The van der Waals surface area contributed by atoms with Crippen LogP contribution in [-0.2, 0) is 6.54 Å². The molecule has 0 aliphatic heterocycles. The predicted molar refractivity (Wildman–Crippen MR) is 70.0 cm³/mol. The molecular formula is C14H17N3. The monoisotopic (exact) mass is 227 g/mol. The molecule has 2 aromatic rings. The van der Waals surface area contributed by atoms with Gasteiger partial charge in [-0.3, -0.25) is 4.98 Å². The van der Waals surface area contributed by atoms with Gasteiger partial charge in [-0.05, 0) is 26.3 Å². The molecule has 0 radical (unpaired) electrons. The maximum atomic E-state index is 4.51. The van der Waals surface area contributed by atoms with Gasteiger partial charge in [0.1, 0.15) is 5.82 Å². The molecule has 0 spiro atoms. The first-order valence-corrected chi connectivity index (χ1v) is 5.76. The molecule has 1 aromatic carbocycles. The van der Waals surface area contributed by atoms with Crippen molar-refractivity contribution in [3.8, 4) is 0 Å². The van der Waals surface area contributed by atoms with Crippen LogP contribution < -0.4 is 5.32 Å². The van der Waals surface area contributed by atoms with E-state index in [1.807, 2.05) is 39.0 Å². The van der Waals surface area contributed by atoms with Crippen LogP contribution in [0.25, 0.3) is 0 Å². The van der Waals surface area contributed by atoms with Crippen molar-refractivity contribution in [2.75, 3.05) is 5.32 Å². The Hall–Kier alpha value is -1.90. The number of aryl methyl sites for hydroxylation is 3. The van der Waals surface area contributed by atoms with Gasteiger partial charge in [-0.2, -0.15) is 0 Å². The van der Waals surface area contributed by atoms with Gasteiger partial charge in [0.25, 0.3) is 0 Å². The van der Waals surface area contributed by atoms with Crippen molar-refractivity contribution in [2.24, 2.45) is 0 Å². The Labute approximate surface area is 102 Å². The van der Waals surface area contributed by atoms with Gasteiger partial charge >= 0.3 is 0 Å². The average Bonchev–Trinajstić information content (AvgIpc) is 2.33. The summed E-state index contributed by atoms with van der Waals surface area (Å²) in [5, 5.41) is 3.32. The van der Waals surface area contributed by atoms with Crippen LogP contribution in [0.4, 0.5) is 5.82 Å². The zero-order valence-electron chi connectivity index (χ0n) is 10.5. The average molecular weight is 227 g/mol. The summed E-state index contributed by atoms with van der Waals surface area (Å²) in [6, 6.07) is 10.3. The van der Waals surface area contributed by atoms with Crippen LogP contribution in [0.5, 0.6) is 0 Å². The summed E-state index contributed by atoms with van der Waals surface area (Å²) < 4.78 is 0. The number of hydrogen-bond acceptors (Lipinski definition) is 3. The van der Waals surface area contributed by atoms with Gasteiger partial charge in [0.15, 0.2) is 0 Å². The minimum Gasteiger partial charge on any atom is -0.364 e. The van der Waals surface area contributed by atoms with E-state index in [0.29, 0.717) is 0 Å². The fraction of sp³-hybridized carbons (Fsp3) is 0.286. The number of hydrogen-bond donors (Lipinski definition) is 1. The van der Waals surface area contributed by atoms with E-state index < -0.39 is 0 Å². The van der Waals surface area contributed by atoms with Gasteiger partial charge in [0.2, 0.25) is 0 Å². The molecule has 17 heavy (non-hydrogen) atoms. The number of nitrogens with zero attached hydrogens (tertiary/aromatic N) is 2. The SMILES string of the molecule is Cc1nc(C)c(NCc2ccccc2)nc1C. The van der Waals surface area contributed by atoms with E-state index in [9.17, 15) is 0 Å². The molecule has 2 rings (SSSR count). The van der Waals surface area contributed by atoms with Crippen molar-refractivity contribution in [3.63, 3.8) is 0 Å². The summed E-state index contributed by atoms with van der Waals surface area (Å²) in [6.45, 7) is 6.72. The molecule has 0 unspecified atom stereocenters. The lowest BCUT2D eigenvalue weighted by molar-refractivity contribution is 0.980. The van der Waals surface area contributed by atoms with E-state index in [1.165, 1.54) is 5.56 Å². The summed E-state index contributed by atoms with van der Waals surface area (Å²) in [4.78, 5) is 8.97. The number of anilines is 1. The van der Waals surface area contributed by atoms with Gasteiger partial charge in [-0.1, -0.05) is 30.3 Å². The molecule has 1 heterocycles. The molecule has 3 heteroatoms. The van der Waals surface area contributed by atoms with Crippen molar-refractivity contribution < 1.29 is 0 Å². The normalized spacial score (nSPS) is 10.3. The van der Waals surface area contributed by atoms with Crippen LogP contribution >= 0.6 is 0 Å². The van der Waals surface area contributed by atoms with E-state index in [0.717, 1.165) is 29.4 Å². The Morgan fingerprint density at radius 3 is 2.24 bits per heavy atom. The van der Waals surface area contributed by atoms with Crippen molar-refractivity contribution in [3.05, 3.63) is 53.0 Å². The Kier molecular flexibility index (Phi) is 3.38. The molecule has 0 aliphatic rings. The fourth-order valence-corrected chi connectivity index (χ4v) is 1.66. The zero-order chi connectivity index (χ0) is 12.3. The quantitative estimate of drug-likeness (QED) is 0.875. The van der Waals surface area contributed by atoms with E-state index in [2.05, 4.69) is 27.4 Å². The van der Waals surface area contributed by atoms with Crippen molar-refractivity contribution in [1.29, 1.82) is 0 Å². The van der Waals surface area contributed by atoms with Crippen molar-refractivity contribution >= 4 is 5.82 Å². The summed E-state index contributed by atoms with van der Waals surface area (Å²) >= 11 is 0. The largest absolute Gasteiger partial charge is 0.364 e. The van der Waals surface area contributed by atoms with Gasteiger partial charge in [0.05, 0.1) is 17.1 Å². The highest BCUT2D eigenvalue weighted by atomic mass is 15.0. The lowest BCUT2D eigenvalue weighted by atomic mass is 10.2. The first kappa shape index (κ1) is 11.6. The Morgan fingerprint density at radius 2 is 1.53 bits per heavy atom. The molecule has 0 fully saturated rings. The van der Waals surface area contributed by atoms with Gasteiger partial charge < -0.3 is 5.32 Å².